The van der Waals surface area contributed by atoms with Crippen molar-refractivity contribution in [3.8, 4) is 46.0 Å². The highest BCUT2D eigenvalue weighted by Crippen LogP contribution is 2.60. The summed E-state index contributed by atoms with van der Waals surface area (Å²) in [4.78, 5) is 15.0. The quantitative estimate of drug-likeness (QED) is 0.0315. The Hall–Kier alpha value is -3.81. The Labute approximate surface area is 573 Å². The van der Waals surface area contributed by atoms with E-state index in [9.17, 15) is 0 Å². The van der Waals surface area contributed by atoms with Gasteiger partial charge in [0, 0.05) is 68.2 Å². The van der Waals surface area contributed by atoms with Crippen molar-refractivity contribution in [2.45, 2.75) is 308 Å². The van der Waals surface area contributed by atoms with Crippen LogP contribution in [0.1, 0.15) is 363 Å². The maximum Gasteiger partial charge on any atom is 0.345 e. The largest absolute Gasteiger partial charge is 0.465 e. The molecule has 504 valence electrons. The van der Waals surface area contributed by atoms with E-state index >= 15 is 4.79 Å². The number of methoxy groups -OCH3 is 1. The third-order valence-corrected chi connectivity index (χ3v) is 22.6. The van der Waals surface area contributed by atoms with Crippen LogP contribution in [-0.4, -0.2) is 40.3 Å². The Kier molecular flexibility index (Phi) is 29.9. The molecule has 0 fully saturated rings. The minimum Gasteiger partial charge on any atom is -0.465 e. The number of benzene rings is 4. The van der Waals surface area contributed by atoms with Crippen molar-refractivity contribution in [2.75, 3.05) is 34.3 Å². The SMILES string of the molecule is CCCCCCCCCCCC1c2cc3c4c(Br)c2OCOc2c1cc1c(c2Br)OCOc2c(cc5c(c2C(=O)OC)OCOc2c(cc(c(c2Br)OCO4)C3CCCCCCCCCCC)C5CCCCCCCCCCC)C1CCCCCCCCCCC. The van der Waals surface area contributed by atoms with Crippen molar-refractivity contribution in [2.24, 2.45) is 0 Å². The molecule has 8 bridgehead atoms. The van der Waals surface area contributed by atoms with Crippen molar-refractivity contribution in [3.05, 3.63) is 87.8 Å². The maximum atomic E-state index is 15.0. The summed E-state index contributed by atoms with van der Waals surface area (Å²) < 4.78 is 63.6. The molecule has 13 heteroatoms. The number of carbonyl (C=O) groups excluding carboxylic acids is 1. The van der Waals surface area contributed by atoms with Gasteiger partial charge in [0.15, 0.2) is 0 Å². The minimum absolute atomic E-state index is 0.0318. The molecule has 0 spiro atoms. The maximum absolute atomic E-state index is 15.0. The predicted octanol–water partition coefficient (Wildman–Crippen LogP) is 25.2. The summed E-state index contributed by atoms with van der Waals surface area (Å²) in [5, 5.41) is 0. The molecular weight excluding hydrogens is 1340 g/mol. The third kappa shape index (κ3) is 18.4. The number of ether oxygens (including phenoxy) is 9. The lowest BCUT2D eigenvalue weighted by atomic mass is 9.75. The van der Waals surface area contributed by atoms with E-state index in [1.807, 2.05) is 0 Å². The van der Waals surface area contributed by atoms with Crippen LogP contribution in [-0.2, 0) is 4.74 Å². The molecule has 0 saturated carbocycles. The van der Waals surface area contributed by atoms with Gasteiger partial charge in [0.1, 0.15) is 65.0 Å². The van der Waals surface area contributed by atoms with E-state index in [4.69, 9.17) is 42.6 Å². The van der Waals surface area contributed by atoms with E-state index in [0.717, 1.165) is 158 Å². The summed E-state index contributed by atoms with van der Waals surface area (Å²) in [6, 6.07) is 9.67. The van der Waals surface area contributed by atoms with Crippen molar-refractivity contribution in [3.63, 3.8) is 0 Å². The molecule has 0 saturated heterocycles. The Morgan fingerprint density at radius 3 is 0.681 bits per heavy atom. The Bertz CT molecular complexity index is 2750. The molecule has 4 aromatic carbocycles. The zero-order valence-corrected chi connectivity index (χ0v) is 61.2. The monoisotopic (exact) mass is 1440 g/mol. The molecule has 9 rings (SSSR count). The highest BCUT2D eigenvalue weighted by Gasteiger charge is 2.42. The first-order valence-corrected chi connectivity index (χ1v) is 39.0. The molecule has 4 unspecified atom stereocenters. The lowest BCUT2D eigenvalue weighted by molar-refractivity contribution is 0.0566. The number of hydrogen-bond donors (Lipinski definition) is 0. The average Bonchev–Trinajstić information content (AvgIpc) is 0.809. The molecule has 1 aliphatic carbocycles. The summed E-state index contributed by atoms with van der Waals surface area (Å²) in [5.74, 6) is 3.89. The van der Waals surface area contributed by atoms with Crippen molar-refractivity contribution < 1.29 is 47.4 Å². The smallest absolute Gasteiger partial charge is 0.345 e. The first-order chi connectivity index (χ1) is 44.8. The van der Waals surface area contributed by atoms with Gasteiger partial charge < -0.3 is 42.6 Å². The molecule has 5 aliphatic rings. The Morgan fingerprint density at radius 1 is 0.308 bits per heavy atom. The van der Waals surface area contributed by atoms with E-state index < -0.39 is 5.97 Å². The van der Waals surface area contributed by atoms with Gasteiger partial charge in [-0.15, -0.1) is 0 Å². The number of rotatable bonds is 41. The van der Waals surface area contributed by atoms with E-state index in [-0.39, 0.29) is 56.4 Å². The summed E-state index contributed by atoms with van der Waals surface area (Å²) in [6.07, 6.45) is 47.2. The summed E-state index contributed by atoms with van der Waals surface area (Å²) in [7, 11) is 1.46. The lowest BCUT2D eigenvalue weighted by Crippen LogP contribution is -2.25. The molecule has 4 atom stereocenters. The van der Waals surface area contributed by atoms with Crippen molar-refractivity contribution >= 4 is 53.8 Å². The molecule has 4 aliphatic heterocycles. The summed E-state index contributed by atoms with van der Waals surface area (Å²) in [5.41, 5.74) is 8.71. The van der Waals surface area contributed by atoms with Crippen LogP contribution in [0, 0.1) is 0 Å². The van der Waals surface area contributed by atoms with Crippen LogP contribution in [0.25, 0.3) is 0 Å². The van der Waals surface area contributed by atoms with Crippen LogP contribution in [0.5, 0.6) is 46.0 Å². The first kappa shape index (κ1) is 71.5. The highest BCUT2D eigenvalue weighted by atomic mass is 79.9. The number of unbranched alkanes of at least 4 members (excludes halogenated alkanes) is 32. The second-order valence-electron chi connectivity index (χ2n) is 27.0. The van der Waals surface area contributed by atoms with E-state index in [1.165, 1.54) is 187 Å². The molecule has 0 N–H and O–H groups in total. The molecule has 0 radical (unpaired) electrons. The second kappa shape index (κ2) is 38.1. The van der Waals surface area contributed by atoms with E-state index in [0.29, 0.717) is 23.0 Å². The molecule has 4 aromatic rings. The van der Waals surface area contributed by atoms with Gasteiger partial charge >= 0.3 is 5.97 Å². The van der Waals surface area contributed by atoms with Gasteiger partial charge in [-0.1, -0.05) is 259 Å². The Balaban J connectivity index is 1.27. The zero-order chi connectivity index (χ0) is 63.7. The van der Waals surface area contributed by atoms with Gasteiger partial charge in [-0.05, 0) is 97.7 Å². The highest BCUT2D eigenvalue weighted by molar-refractivity contribution is 9.11. The fourth-order valence-corrected chi connectivity index (χ4v) is 17.4. The average molecular weight is 1450 g/mol. The first-order valence-electron chi connectivity index (χ1n) is 36.7. The topological polar surface area (TPSA) is 100 Å². The molecular formula is C78H111Br3O10. The fourth-order valence-electron chi connectivity index (χ4n) is 15.3. The van der Waals surface area contributed by atoms with Crippen LogP contribution < -0.4 is 37.9 Å². The predicted molar refractivity (Wildman–Crippen MR) is 379 cm³/mol. The fraction of sp³-hybridized carbons (Fsp3) is 0.679. The van der Waals surface area contributed by atoms with Gasteiger partial charge in [0.25, 0.3) is 0 Å². The van der Waals surface area contributed by atoms with Gasteiger partial charge in [0.05, 0.1) is 7.11 Å². The summed E-state index contributed by atoms with van der Waals surface area (Å²) >= 11 is 12.7. The van der Waals surface area contributed by atoms with Crippen LogP contribution in [0.4, 0.5) is 0 Å². The second-order valence-corrected chi connectivity index (χ2v) is 29.3. The summed E-state index contributed by atoms with van der Waals surface area (Å²) in [6.45, 7) is 8.77. The van der Waals surface area contributed by atoms with Gasteiger partial charge in [-0.3, -0.25) is 0 Å². The van der Waals surface area contributed by atoms with E-state index in [2.05, 4.69) is 99.8 Å². The lowest BCUT2D eigenvalue weighted by Gasteiger charge is -2.36. The minimum atomic E-state index is -0.514. The number of esters is 1. The molecule has 4 heterocycles. The van der Waals surface area contributed by atoms with Crippen LogP contribution >= 0.6 is 47.8 Å². The van der Waals surface area contributed by atoms with Gasteiger partial charge in [-0.25, -0.2) is 4.79 Å². The standard InChI is InChI=1S/C78H111Br3O10/c1-6-10-14-18-22-26-30-34-38-42-54-58-46-59-55(43-39-35-31-27-23-19-15-11-7-2)61-48-63-57(45-41-37-33-29-25-21-17-13-9-4)65-49-64-56(44-40-36-32-28-24-20-16-12-8-3)62-47-60(54)72-67(79)74(62)88-52-90-76(64)69(81)77(65)91-53-89-75(63)68(80)73(61)87-51-85-71(59)66(78(82)83-5)70(58)84-50-86-72/h46-49,54-57H,6-45,50-53H2,1-5H3. The van der Waals surface area contributed by atoms with E-state index in [1.54, 1.807) is 0 Å². The Morgan fingerprint density at radius 2 is 0.484 bits per heavy atom. The number of carbonyl (C=O) groups is 1. The van der Waals surface area contributed by atoms with Crippen LogP contribution in [0.2, 0.25) is 0 Å². The zero-order valence-electron chi connectivity index (χ0n) is 56.4. The van der Waals surface area contributed by atoms with Crippen molar-refractivity contribution in [1.29, 1.82) is 0 Å². The number of halogens is 3. The van der Waals surface area contributed by atoms with Crippen LogP contribution in [0.3, 0.4) is 0 Å². The third-order valence-electron chi connectivity index (χ3n) is 20.4. The molecule has 0 aromatic heterocycles. The molecule has 10 nitrogen and oxygen atoms in total. The molecule has 91 heavy (non-hydrogen) atoms. The normalized spacial score (nSPS) is 17.4. The van der Waals surface area contributed by atoms with Crippen LogP contribution in [0.15, 0.2) is 37.7 Å². The van der Waals surface area contributed by atoms with Gasteiger partial charge in [-0.2, -0.15) is 0 Å². The van der Waals surface area contributed by atoms with Gasteiger partial charge in [0.2, 0.25) is 27.2 Å². The number of hydrogen-bond acceptors (Lipinski definition) is 10. The van der Waals surface area contributed by atoms with Crippen molar-refractivity contribution in [1.82, 2.24) is 0 Å². The molecule has 0 amide bonds.